The number of hydrogen-bond acceptors (Lipinski definition) is 21. The number of fused-ring (bicyclic) bond motifs is 3. The van der Waals surface area contributed by atoms with Crippen LogP contribution in [0.25, 0.3) is 66.4 Å². The van der Waals surface area contributed by atoms with E-state index < -0.39 is 10.5 Å². The number of nitrogens with zero attached hydrogens (tertiary/aromatic N) is 8. The van der Waals surface area contributed by atoms with E-state index in [1.807, 2.05) is 44.2 Å². The number of nitrogens with two attached hydrogens (primary N) is 1. The number of ether oxygens (including phenoxy) is 6. The first kappa shape index (κ1) is 85.7. The van der Waals surface area contributed by atoms with Gasteiger partial charge in [0.25, 0.3) is 22.4 Å². The molecule has 574 valence electrons. The summed E-state index contributed by atoms with van der Waals surface area (Å²) in [5.41, 5.74) is 14.5. The van der Waals surface area contributed by atoms with Crippen molar-refractivity contribution in [3.05, 3.63) is 235 Å². The summed E-state index contributed by atoms with van der Waals surface area (Å²) >= 11 is 39.2. The third-order valence-electron chi connectivity index (χ3n) is 17.1. The summed E-state index contributed by atoms with van der Waals surface area (Å²) in [6, 6.07) is 29.3. The molecule has 109 heavy (non-hydrogen) atoms. The van der Waals surface area contributed by atoms with Gasteiger partial charge in [0.15, 0.2) is 5.78 Å². The topological polar surface area (TPSA) is 315 Å². The second-order valence-electron chi connectivity index (χ2n) is 23.4. The average Bonchev–Trinajstić information content (AvgIpc) is 0.764. The van der Waals surface area contributed by atoms with Gasteiger partial charge < -0.3 is 76.3 Å². The van der Waals surface area contributed by atoms with E-state index in [9.17, 15) is 29.3 Å². The molecule has 6 N–H and O–H groups in total. The minimum absolute atomic E-state index is 0. The Hall–Kier alpha value is -10.5. The number of methoxy groups -OCH3 is 6. The number of nitro benzene ring substituents is 1. The van der Waals surface area contributed by atoms with Crippen molar-refractivity contribution < 1.29 is 65.1 Å². The number of nitrogens with one attached hydrogen (secondary N) is 3. The van der Waals surface area contributed by atoms with E-state index in [1.54, 1.807) is 113 Å². The van der Waals surface area contributed by atoms with Crippen molar-refractivity contribution in [3.8, 4) is 68.0 Å². The average molecular weight is 1700 g/mol. The molecule has 32 heteroatoms. The first-order valence-electron chi connectivity index (χ1n) is 31.9. The molecule has 0 bridgehead atoms. The number of carbonyl (C=O) groups excluding carboxylic acids is 1. The van der Waals surface area contributed by atoms with Gasteiger partial charge in [0.05, 0.1) is 129 Å². The number of rotatable bonds is 19. The zero-order valence-electron chi connectivity index (χ0n) is 61.1. The van der Waals surface area contributed by atoms with Gasteiger partial charge >= 0.3 is 0 Å². The second-order valence-corrected chi connectivity index (χ2v) is 25.7. The molecule has 0 aliphatic carbocycles. The molecule has 6 heterocycles. The molecule has 0 saturated carbocycles. The van der Waals surface area contributed by atoms with Crippen LogP contribution in [-0.2, 0) is 52.8 Å². The van der Waals surface area contributed by atoms with Crippen molar-refractivity contribution in [1.29, 1.82) is 0 Å². The van der Waals surface area contributed by atoms with E-state index in [0.717, 1.165) is 35.2 Å². The summed E-state index contributed by atoms with van der Waals surface area (Å²) in [6.07, 6.45) is 6.31. The quantitative estimate of drug-likeness (QED) is 0.0125. The summed E-state index contributed by atoms with van der Waals surface area (Å²) in [5, 5.41) is 30.4. The number of aryl methyl sites for hydroxylation is 6. The summed E-state index contributed by atoms with van der Waals surface area (Å²) < 4.78 is 36.4. The summed E-state index contributed by atoms with van der Waals surface area (Å²) in [7, 11) is 14.7. The monoisotopic (exact) mass is 1690 g/mol. The number of aliphatic hydroxyl groups is 1. The van der Waals surface area contributed by atoms with Crippen molar-refractivity contribution in [1.82, 2.24) is 33.6 Å². The number of halogens is 6. The van der Waals surface area contributed by atoms with Crippen molar-refractivity contribution in [2.45, 2.75) is 27.2 Å². The SMILES string of the molecule is C=CC(=O)Cc1cccc(C)c1Nc1cc2c(cn1)cc(-c1c(Cl)c(OC)cc(OC)c1Cl)c(=O)n2C.CO.COc1cc(OC)c(Cl)c(-c2cc3cnc(Nc4c(C)cccc4[N+](=O)[O-])cc3n(C)c2=O)c1Cl.COc1cc(OC)c(Cl)c(-c2nc3cnc(Nc4c(C)cccc4N)cc3n(C)c2=O)c1Cl.[CH3-].[HH].[Pd]. The molecule has 6 aromatic carbocycles. The van der Waals surface area contributed by atoms with E-state index in [0.29, 0.717) is 107 Å². The van der Waals surface area contributed by atoms with Crippen molar-refractivity contribution in [3.63, 3.8) is 0 Å². The molecular formula is C77H75Cl6N12O13Pd-. The minimum Gasteiger partial charge on any atom is -0.495 e. The largest absolute Gasteiger partial charge is 0.495 e. The number of allylic oxidation sites excluding steroid dienone is 1. The van der Waals surface area contributed by atoms with Crippen LogP contribution in [0.15, 0.2) is 149 Å². The number of nitrogen functional groups attached to an aromatic ring is 1. The Balaban J connectivity index is 0.000000252. The number of pyridine rings is 5. The van der Waals surface area contributed by atoms with Crippen LogP contribution < -0.4 is 66.8 Å². The van der Waals surface area contributed by atoms with Crippen LogP contribution in [0.5, 0.6) is 34.5 Å². The molecule has 0 aliphatic heterocycles. The molecule has 0 atom stereocenters. The van der Waals surface area contributed by atoms with Gasteiger partial charge in [-0.3, -0.25) is 29.3 Å². The van der Waals surface area contributed by atoms with Gasteiger partial charge in [0.2, 0.25) is 0 Å². The van der Waals surface area contributed by atoms with Crippen LogP contribution >= 0.6 is 69.6 Å². The van der Waals surface area contributed by atoms with E-state index in [-0.39, 0.29) is 116 Å². The number of para-hydroxylation sites is 3. The van der Waals surface area contributed by atoms with Crippen LogP contribution in [0, 0.1) is 38.3 Å². The maximum atomic E-state index is 13.5. The maximum absolute atomic E-state index is 13.5. The smallest absolute Gasteiger partial charge is 0.292 e. The molecule has 0 radical (unpaired) electrons. The fourth-order valence-electron chi connectivity index (χ4n) is 11.5. The number of ketones is 1. The van der Waals surface area contributed by atoms with Gasteiger partial charge in [0.1, 0.15) is 68.8 Å². The van der Waals surface area contributed by atoms with Crippen molar-refractivity contribution in [2.24, 2.45) is 21.1 Å². The fraction of sp³-hybridized carbons (Fsp3) is 0.182. The first-order chi connectivity index (χ1) is 51.1. The number of hydrogen-bond donors (Lipinski definition) is 5. The second kappa shape index (κ2) is 37.1. The Bertz CT molecular complexity index is 5630. The molecule has 12 rings (SSSR count). The third-order valence-corrected chi connectivity index (χ3v) is 19.4. The van der Waals surface area contributed by atoms with Crippen LogP contribution in [0.1, 0.15) is 23.7 Å². The summed E-state index contributed by atoms with van der Waals surface area (Å²) in [4.78, 5) is 81.1. The molecule has 0 fully saturated rings. The van der Waals surface area contributed by atoms with E-state index >= 15 is 0 Å². The summed E-state index contributed by atoms with van der Waals surface area (Å²) in [6.45, 7) is 9.21. The molecule has 25 nitrogen and oxygen atoms in total. The third kappa shape index (κ3) is 17.6. The van der Waals surface area contributed by atoms with Crippen LogP contribution in [0.2, 0.25) is 30.1 Å². The Morgan fingerprint density at radius 1 is 0.541 bits per heavy atom. The molecule has 0 amide bonds. The van der Waals surface area contributed by atoms with Gasteiger partial charge in [0, 0.05) is 139 Å². The Morgan fingerprint density at radius 3 is 1.31 bits per heavy atom. The van der Waals surface area contributed by atoms with Gasteiger partial charge in [-0.25, -0.2) is 19.9 Å². The van der Waals surface area contributed by atoms with Crippen LogP contribution in [0.4, 0.5) is 45.9 Å². The van der Waals surface area contributed by atoms with Crippen molar-refractivity contribution >= 4 is 154 Å². The summed E-state index contributed by atoms with van der Waals surface area (Å²) in [5.74, 6) is 3.21. The Morgan fingerprint density at radius 2 is 0.899 bits per heavy atom. The van der Waals surface area contributed by atoms with Crippen LogP contribution in [-0.4, -0.2) is 99.2 Å². The van der Waals surface area contributed by atoms with E-state index in [1.165, 1.54) is 68.5 Å². The Kier molecular flexibility index (Phi) is 29.2. The number of aliphatic hydroxyl groups excluding tert-OH is 1. The van der Waals surface area contributed by atoms with Crippen molar-refractivity contribution in [2.75, 3.05) is 71.5 Å². The molecule has 6 aromatic heterocycles. The van der Waals surface area contributed by atoms with Gasteiger partial charge in [-0.2, -0.15) is 0 Å². The Labute approximate surface area is 671 Å². The minimum atomic E-state index is -0.464. The predicted octanol–water partition coefficient (Wildman–Crippen LogP) is 17.4. The van der Waals surface area contributed by atoms with E-state index in [4.69, 9.17) is 109 Å². The van der Waals surface area contributed by atoms with Crippen LogP contribution in [0.3, 0.4) is 0 Å². The molecule has 0 spiro atoms. The van der Waals surface area contributed by atoms with Gasteiger partial charge in [-0.15, -0.1) is 0 Å². The molecule has 12 aromatic rings. The predicted molar refractivity (Wildman–Crippen MR) is 434 cm³/mol. The number of benzene rings is 6. The first-order valence-corrected chi connectivity index (χ1v) is 34.2. The molecule has 0 aliphatic rings. The normalized spacial score (nSPS) is 10.6. The molecular weight excluding hydrogens is 1620 g/mol. The maximum Gasteiger partial charge on any atom is 0.292 e. The van der Waals surface area contributed by atoms with Gasteiger partial charge in [-0.05, 0) is 67.3 Å². The zero-order chi connectivity index (χ0) is 78.2. The number of aromatic nitrogens is 7. The number of nitro groups is 1. The van der Waals surface area contributed by atoms with E-state index in [2.05, 4.69) is 42.5 Å². The number of carbonyl (C=O) groups is 1. The number of anilines is 7. The molecule has 0 unspecified atom stereocenters. The molecule has 0 saturated heterocycles. The fourth-order valence-corrected chi connectivity index (χ4v) is 13.6. The van der Waals surface area contributed by atoms with Gasteiger partial charge in [-0.1, -0.05) is 119 Å². The standard InChI is InChI=1S/C28H25Cl2N3O4.C24H20Cl2N4O5.C23H21Cl2N5O3.CH4O.CH3.Pd.H2/c1-6-18(34)10-16-9-7-8-15(2)27(16)32-23-12-20-17(14-31-23)11-19(28(35)33(20)3)24-25(29)21(36-4)13-22(37-5)26(24)30;1-12-6-5-7-15(30(32)33)23(12)28-19-9-16-13(11-27-19)8-14(24(31)29(16)2)20-21(25)17(34-3)10-18(35-4)22(20)26;1-11-6-5-7-12(26)21(11)29-17-8-14-13(10-27-17)28-22(23(31)30(14)2)18-19(24)15(32-3)9-16(33-4)20(18)25;1-2;;;/h6-9,11-14H,1,10H2,2-5H3,(H,31,32);5-11H,1-4H3,(H,27,28);5-10H,26H2,1-4H3,(H,27,29);2H,1H3;1H3;;1H/q;;;;-1;;. The zero-order valence-corrected chi connectivity index (χ0v) is 67.2.